The summed E-state index contributed by atoms with van der Waals surface area (Å²) in [6.07, 6.45) is -1.04. The van der Waals surface area contributed by atoms with Crippen molar-refractivity contribution >= 4 is 17.5 Å². The smallest absolute Gasteiger partial charge is 0.308 e. The number of esters is 1. The highest BCUT2D eigenvalue weighted by molar-refractivity contribution is 6.15. The molecule has 0 amide bonds. The first-order chi connectivity index (χ1) is 10.2. The third-order valence-electron chi connectivity index (χ3n) is 4.63. The second-order valence-electron chi connectivity index (χ2n) is 8.50. The molecule has 0 spiro atoms. The maximum absolute atomic E-state index is 12.9. The number of aliphatic hydroxyl groups is 1. The van der Waals surface area contributed by atoms with Crippen molar-refractivity contribution in [3.63, 3.8) is 0 Å². The Labute approximate surface area is 138 Å². The average molecular weight is 326 g/mol. The molecular weight excluding hydrogens is 296 g/mol. The van der Waals surface area contributed by atoms with Crippen molar-refractivity contribution in [2.75, 3.05) is 0 Å². The fraction of sp³-hybridized carbons (Fsp3) is 0.833. The average Bonchev–Trinajstić information content (AvgIpc) is 2.39. The molecule has 23 heavy (non-hydrogen) atoms. The van der Waals surface area contributed by atoms with E-state index in [1.54, 1.807) is 27.7 Å². The molecule has 1 aliphatic carbocycles. The van der Waals surface area contributed by atoms with E-state index >= 15 is 0 Å². The molecule has 5 nitrogen and oxygen atoms in total. The summed E-state index contributed by atoms with van der Waals surface area (Å²) in [6.45, 7) is 13.4. The Morgan fingerprint density at radius 3 is 1.96 bits per heavy atom. The molecule has 0 unspecified atom stereocenters. The minimum atomic E-state index is -1.86. The molecule has 0 aliphatic heterocycles. The molecule has 1 N–H and O–H groups in total. The van der Waals surface area contributed by atoms with Gasteiger partial charge in [-0.05, 0) is 40.0 Å². The van der Waals surface area contributed by atoms with Crippen molar-refractivity contribution in [1.82, 2.24) is 0 Å². The van der Waals surface area contributed by atoms with Crippen LogP contribution < -0.4 is 0 Å². The van der Waals surface area contributed by atoms with Crippen molar-refractivity contribution < 1.29 is 24.2 Å². The normalized spacial score (nSPS) is 30.0. The molecule has 1 aliphatic rings. The molecule has 132 valence electrons. The van der Waals surface area contributed by atoms with Gasteiger partial charge >= 0.3 is 5.97 Å². The number of hydrogen-bond donors (Lipinski definition) is 1. The Morgan fingerprint density at radius 1 is 1.09 bits per heavy atom. The first-order valence-corrected chi connectivity index (χ1v) is 8.21. The maximum Gasteiger partial charge on any atom is 0.308 e. The summed E-state index contributed by atoms with van der Waals surface area (Å²) in [4.78, 5) is 37.8. The highest BCUT2D eigenvalue weighted by Gasteiger charge is 2.66. The zero-order valence-electron chi connectivity index (χ0n) is 15.5. The largest absolute Gasteiger partial charge is 0.458 e. The molecule has 2 atom stereocenters. The van der Waals surface area contributed by atoms with Crippen molar-refractivity contribution in [2.45, 2.75) is 73.5 Å². The molecule has 0 saturated heterocycles. The monoisotopic (exact) mass is 326 g/mol. The lowest BCUT2D eigenvalue weighted by molar-refractivity contribution is -0.209. The van der Waals surface area contributed by atoms with Gasteiger partial charge in [0.1, 0.15) is 6.10 Å². The van der Waals surface area contributed by atoms with Crippen LogP contribution >= 0.6 is 0 Å². The Bertz CT molecular complexity index is 516. The first-order valence-electron chi connectivity index (χ1n) is 8.21. The standard InChI is InChI=1S/C18H30O5/c1-10(2)9-18(22)14(21)16(5,6)13(20)17(7,8)15(18)23-12(19)11(3)4/h10-11,15,22H,9H2,1-8H3/t15-,18-/m1/s1. The minimum absolute atomic E-state index is 0.00371. The van der Waals surface area contributed by atoms with Crippen LogP contribution in [0.25, 0.3) is 0 Å². The molecule has 0 aromatic carbocycles. The lowest BCUT2D eigenvalue weighted by atomic mass is 9.54. The molecule has 0 aromatic rings. The zero-order chi connectivity index (χ0) is 18.4. The number of carbonyl (C=O) groups excluding carboxylic acids is 3. The van der Waals surface area contributed by atoms with Crippen LogP contribution in [-0.2, 0) is 19.1 Å². The fourth-order valence-electron chi connectivity index (χ4n) is 3.60. The molecule has 0 heterocycles. The van der Waals surface area contributed by atoms with Gasteiger partial charge in [0.25, 0.3) is 0 Å². The third kappa shape index (κ3) is 3.21. The van der Waals surface area contributed by atoms with Gasteiger partial charge in [-0.2, -0.15) is 0 Å². The predicted octanol–water partition coefficient (Wildman–Crippen LogP) is 2.54. The molecule has 1 rings (SSSR count). The van der Waals surface area contributed by atoms with Gasteiger partial charge in [-0.3, -0.25) is 14.4 Å². The van der Waals surface area contributed by atoms with Crippen LogP contribution in [0.4, 0.5) is 0 Å². The van der Waals surface area contributed by atoms with E-state index in [4.69, 9.17) is 4.74 Å². The summed E-state index contributed by atoms with van der Waals surface area (Å²) >= 11 is 0. The van der Waals surface area contributed by atoms with Crippen molar-refractivity contribution in [3.05, 3.63) is 0 Å². The van der Waals surface area contributed by atoms with E-state index in [0.29, 0.717) is 0 Å². The van der Waals surface area contributed by atoms with Crippen molar-refractivity contribution in [3.8, 4) is 0 Å². The molecular formula is C18H30O5. The van der Waals surface area contributed by atoms with E-state index in [9.17, 15) is 19.5 Å². The summed E-state index contributed by atoms with van der Waals surface area (Å²) in [5.41, 5.74) is -4.32. The van der Waals surface area contributed by atoms with Crippen LogP contribution in [0.5, 0.6) is 0 Å². The van der Waals surface area contributed by atoms with Crippen molar-refractivity contribution in [1.29, 1.82) is 0 Å². The summed E-state index contributed by atoms with van der Waals surface area (Å²) in [5.74, 6) is -1.81. The predicted molar refractivity (Wildman–Crippen MR) is 86.7 cm³/mol. The number of ketones is 2. The fourth-order valence-corrected chi connectivity index (χ4v) is 3.60. The van der Waals surface area contributed by atoms with Crippen LogP contribution in [0.15, 0.2) is 0 Å². The topological polar surface area (TPSA) is 80.7 Å². The van der Waals surface area contributed by atoms with Crippen molar-refractivity contribution in [2.24, 2.45) is 22.7 Å². The number of rotatable bonds is 4. The molecule has 0 bridgehead atoms. The van der Waals surface area contributed by atoms with E-state index in [0.717, 1.165) is 0 Å². The SMILES string of the molecule is CC(C)C[C@@]1(O)C(=O)C(C)(C)C(=O)C(C)(C)[C@H]1OC(=O)C(C)C. The highest BCUT2D eigenvalue weighted by Crippen LogP contribution is 2.49. The second-order valence-corrected chi connectivity index (χ2v) is 8.50. The minimum Gasteiger partial charge on any atom is -0.458 e. The first kappa shape index (κ1) is 19.8. The summed E-state index contributed by atoms with van der Waals surface area (Å²) in [5, 5.41) is 11.2. The van der Waals surface area contributed by atoms with Gasteiger partial charge in [-0.1, -0.05) is 27.7 Å². The second kappa shape index (κ2) is 6.00. The Balaban J connectivity index is 3.47. The van der Waals surface area contributed by atoms with E-state index in [-0.39, 0.29) is 18.1 Å². The van der Waals surface area contributed by atoms with E-state index in [2.05, 4.69) is 0 Å². The van der Waals surface area contributed by atoms with Gasteiger partial charge in [0.2, 0.25) is 0 Å². The number of ether oxygens (including phenoxy) is 1. The number of carbonyl (C=O) groups is 3. The van der Waals surface area contributed by atoms with Gasteiger partial charge < -0.3 is 9.84 Å². The van der Waals surface area contributed by atoms with Gasteiger partial charge in [-0.25, -0.2) is 0 Å². The van der Waals surface area contributed by atoms with Crippen LogP contribution in [-0.4, -0.2) is 34.3 Å². The van der Waals surface area contributed by atoms with Crippen LogP contribution in [0.3, 0.4) is 0 Å². The number of hydrogen-bond acceptors (Lipinski definition) is 5. The Hall–Kier alpha value is -1.23. The summed E-state index contributed by atoms with van der Waals surface area (Å²) in [7, 11) is 0. The molecule has 5 heteroatoms. The Morgan fingerprint density at radius 2 is 1.57 bits per heavy atom. The van der Waals surface area contributed by atoms with Crippen LogP contribution in [0.1, 0.15) is 61.8 Å². The van der Waals surface area contributed by atoms with E-state index in [1.165, 1.54) is 13.8 Å². The lowest BCUT2D eigenvalue weighted by Gasteiger charge is -2.52. The Kier molecular flexibility index (Phi) is 5.17. The van der Waals surface area contributed by atoms with Gasteiger partial charge in [0, 0.05) is 0 Å². The molecule has 1 saturated carbocycles. The van der Waals surface area contributed by atoms with E-state index in [1.807, 2.05) is 13.8 Å². The number of Topliss-reactive ketones (excluding diaryl/α,β-unsaturated/α-hetero) is 2. The van der Waals surface area contributed by atoms with Gasteiger partial charge in [0.15, 0.2) is 17.2 Å². The third-order valence-corrected chi connectivity index (χ3v) is 4.63. The van der Waals surface area contributed by atoms with E-state index < -0.39 is 40.2 Å². The molecule has 0 radical (unpaired) electrons. The molecule has 1 fully saturated rings. The molecule has 0 aromatic heterocycles. The van der Waals surface area contributed by atoms with Gasteiger partial charge in [0.05, 0.1) is 16.7 Å². The van der Waals surface area contributed by atoms with Gasteiger partial charge in [-0.15, -0.1) is 0 Å². The van der Waals surface area contributed by atoms with Crippen LogP contribution in [0, 0.1) is 22.7 Å². The summed E-state index contributed by atoms with van der Waals surface area (Å²) in [6, 6.07) is 0. The maximum atomic E-state index is 12.9. The zero-order valence-corrected chi connectivity index (χ0v) is 15.5. The highest BCUT2D eigenvalue weighted by atomic mass is 16.6. The summed E-state index contributed by atoms with van der Waals surface area (Å²) < 4.78 is 5.49. The quantitative estimate of drug-likeness (QED) is 0.634. The van der Waals surface area contributed by atoms with Crippen LogP contribution in [0.2, 0.25) is 0 Å². The lowest BCUT2D eigenvalue weighted by Crippen LogP contribution is -2.70.